The largest absolute Gasteiger partial charge is 0.497 e. The van der Waals surface area contributed by atoms with E-state index in [1.165, 1.54) is 12.8 Å². The SMILES string of the molecule is COc1ccc(-c2cnc(NC3CC3)nc2C)cc1. The van der Waals surface area contributed by atoms with Crippen LogP contribution in [0.15, 0.2) is 30.5 Å². The van der Waals surface area contributed by atoms with E-state index in [0.29, 0.717) is 6.04 Å². The second kappa shape index (κ2) is 4.88. The van der Waals surface area contributed by atoms with Crippen molar-refractivity contribution in [2.45, 2.75) is 25.8 Å². The van der Waals surface area contributed by atoms with Gasteiger partial charge in [0.25, 0.3) is 0 Å². The zero-order valence-electron chi connectivity index (χ0n) is 11.2. The molecule has 0 aliphatic heterocycles. The summed E-state index contributed by atoms with van der Waals surface area (Å²) in [5.41, 5.74) is 3.16. The van der Waals surface area contributed by atoms with Crippen LogP contribution in [0.4, 0.5) is 5.95 Å². The predicted octanol–water partition coefficient (Wildman–Crippen LogP) is 3.03. The lowest BCUT2D eigenvalue weighted by atomic mass is 10.1. The molecule has 2 aromatic rings. The summed E-state index contributed by atoms with van der Waals surface area (Å²) in [7, 11) is 1.67. The zero-order valence-corrected chi connectivity index (χ0v) is 11.2. The molecule has 1 saturated carbocycles. The first-order valence-electron chi connectivity index (χ1n) is 6.51. The normalized spacial score (nSPS) is 14.2. The molecule has 0 radical (unpaired) electrons. The Hall–Kier alpha value is -2.10. The van der Waals surface area contributed by atoms with Gasteiger partial charge in [-0.1, -0.05) is 12.1 Å². The molecule has 1 fully saturated rings. The zero-order chi connectivity index (χ0) is 13.2. The van der Waals surface area contributed by atoms with Gasteiger partial charge in [0, 0.05) is 17.8 Å². The van der Waals surface area contributed by atoms with Gasteiger partial charge in [0.15, 0.2) is 0 Å². The second-order valence-corrected chi connectivity index (χ2v) is 4.84. The van der Waals surface area contributed by atoms with Crippen LogP contribution in [0.3, 0.4) is 0 Å². The number of benzene rings is 1. The van der Waals surface area contributed by atoms with Gasteiger partial charge in [-0.15, -0.1) is 0 Å². The topological polar surface area (TPSA) is 47.0 Å². The molecule has 0 atom stereocenters. The van der Waals surface area contributed by atoms with Crippen molar-refractivity contribution in [1.29, 1.82) is 0 Å². The van der Waals surface area contributed by atoms with E-state index >= 15 is 0 Å². The van der Waals surface area contributed by atoms with Crippen LogP contribution in [0.5, 0.6) is 5.75 Å². The molecule has 4 heteroatoms. The lowest BCUT2D eigenvalue weighted by molar-refractivity contribution is 0.415. The van der Waals surface area contributed by atoms with Gasteiger partial charge >= 0.3 is 0 Å². The first kappa shape index (κ1) is 12.0. The monoisotopic (exact) mass is 255 g/mol. The fourth-order valence-corrected chi connectivity index (χ4v) is 2.00. The van der Waals surface area contributed by atoms with Crippen molar-refractivity contribution in [2.75, 3.05) is 12.4 Å². The van der Waals surface area contributed by atoms with Crippen molar-refractivity contribution in [1.82, 2.24) is 9.97 Å². The Bertz CT molecular complexity index is 576. The van der Waals surface area contributed by atoms with Gasteiger partial charge in [-0.2, -0.15) is 0 Å². The smallest absolute Gasteiger partial charge is 0.223 e. The Kier molecular flexibility index (Phi) is 3.07. The van der Waals surface area contributed by atoms with Crippen LogP contribution >= 0.6 is 0 Å². The van der Waals surface area contributed by atoms with E-state index in [1.54, 1.807) is 7.11 Å². The molecule has 3 rings (SSSR count). The summed E-state index contributed by atoms with van der Waals surface area (Å²) in [6, 6.07) is 8.53. The Morgan fingerprint density at radius 3 is 2.53 bits per heavy atom. The number of hydrogen-bond acceptors (Lipinski definition) is 4. The molecule has 98 valence electrons. The lowest BCUT2D eigenvalue weighted by Crippen LogP contribution is -2.06. The van der Waals surface area contributed by atoms with Crippen LogP contribution in [0.1, 0.15) is 18.5 Å². The molecule has 1 aliphatic rings. The number of ether oxygens (including phenoxy) is 1. The third kappa shape index (κ3) is 2.67. The molecule has 1 aliphatic carbocycles. The quantitative estimate of drug-likeness (QED) is 0.912. The first-order chi connectivity index (χ1) is 9.26. The highest BCUT2D eigenvalue weighted by molar-refractivity contribution is 5.66. The van der Waals surface area contributed by atoms with E-state index in [9.17, 15) is 0 Å². The van der Waals surface area contributed by atoms with Gasteiger partial charge in [0.2, 0.25) is 5.95 Å². The fraction of sp³-hybridized carbons (Fsp3) is 0.333. The third-order valence-electron chi connectivity index (χ3n) is 3.29. The molecular formula is C15H17N3O. The van der Waals surface area contributed by atoms with Gasteiger partial charge in [-0.3, -0.25) is 0 Å². The summed E-state index contributed by atoms with van der Waals surface area (Å²) in [6.45, 7) is 2.01. The number of nitrogens with zero attached hydrogens (tertiary/aromatic N) is 2. The molecule has 1 heterocycles. The average Bonchev–Trinajstić information content (AvgIpc) is 3.23. The molecule has 0 bridgehead atoms. The van der Waals surface area contributed by atoms with Crippen LogP contribution in [0.25, 0.3) is 11.1 Å². The number of methoxy groups -OCH3 is 1. The summed E-state index contributed by atoms with van der Waals surface area (Å²) in [5.74, 6) is 1.59. The minimum absolute atomic E-state index is 0.575. The molecule has 0 spiro atoms. The Morgan fingerprint density at radius 1 is 1.21 bits per heavy atom. The van der Waals surface area contributed by atoms with Gasteiger partial charge in [0.05, 0.1) is 12.8 Å². The van der Waals surface area contributed by atoms with Crippen molar-refractivity contribution < 1.29 is 4.74 Å². The van der Waals surface area contributed by atoms with E-state index in [-0.39, 0.29) is 0 Å². The van der Waals surface area contributed by atoms with Gasteiger partial charge in [0.1, 0.15) is 5.75 Å². The van der Waals surface area contributed by atoms with Gasteiger partial charge in [-0.05, 0) is 37.5 Å². The van der Waals surface area contributed by atoms with E-state index < -0.39 is 0 Å². The Morgan fingerprint density at radius 2 is 1.95 bits per heavy atom. The van der Waals surface area contributed by atoms with Crippen molar-refractivity contribution >= 4 is 5.95 Å². The highest BCUT2D eigenvalue weighted by atomic mass is 16.5. The molecule has 1 aromatic carbocycles. The number of hydrogen-bond donors (Lipinski definition) is 1. The summed E-state index contributed by atoms with van der Waals surface area (Å²) in [4.78, 5) is 8.90. The van der Waals surface area contributed by atoms with E-state index in [0.717, 1.165) is 28.5 Å². The second-order valence-electron chi connectivity index (χ2n) is 4.84. The van der Waals surface area contributed by atoms with E-state index in [2.05, 4.69) is 15.3 Å². The molecule has 0 saturated heterocycles. The summed E-state index contributed by atoms with van der Waals surface area (Å²) in [6.07, 6.45) is 4.33. The highest BCUT2D eigenvalue weighted by Crippen LogP contribution is 2.26. The van der Waals surface area contributed by atoms with Crippen molar-refractivity contribution in [3.8, 4) is 16.9 Å². The minimum atomic E-state index is 0.575. The number of nitrogens with one attached hydrogen (secondary N) is 1. The number of rotatable bonds is 4. The number of aromatic nitrogens is 2. The summed E-state index contributed by atoms with van der Waals surface area (Å²) >= 11 is 0. The maximum atomic E-state index is 5.16. The molecule has 19 heavy (non-hydrogen) atoms. The fourth-order valence-electron chi connectivity index (χ4n) is 2.00. The predicted molar refractivity (Wildman–Crippen MR) is 75.4 cm³/mol. The van der Waals surface area contributed by atoms with Gasteiger partial charge < -0.3 is 10.1 Å². The maximum absolute atomic E-state index is 5.16. The Labute approximate surface area is 112 Å². The minimum Gasteiger partial charge on any atom is -0.497 e. The summed E-state index contributed by atoms with van der Waals surface area (Å²) < 4.78 is 5.16. The van der Waals surface area contributed by atoms with Crippen molar-refractivity contribution in [2.24, 2.45) is 0 Å². The van der Waals surface area contributed by atoms with Crippen LogP contribution in [-0.4, -0.2) is 23.1 Å². The first-order valence-corrected chi connectivity index (χ1v) is 6.51. The molecule has 0 amide bonds. The van der Waals surface area contributed by atoms with E-state index in [1.807, 2.05) is 37.4 Å². The lowest BCUT2D eigenvalue weighted by Gasteiger charge is -2.08. The third-order valence-corrected chi connectivity index (χ3v) is 3.29. The number of anilines is 1. The highest BCUT2D eigenvalue weighted by Gasteiger charge is 2.22. The van der Waals surface area contributed by atoms with Crippen LogP contribution in [0, 0.1) is 6.92 Å². The Balaban J connectivity index is 1.86. The molecule has 4 nitrogen and oxygen atoms in total. The average molecular weight is 255 g/mol. The molecular weight excluding hydrogens is 238 g/mol. The molecule has 1 N–H and O–H groups in total. The van der Waals surface area contributed by atoms with Crippen molar-refractivity contribution in [3.63, 3.8) is 0 Å². The van der Waals surface area contributed by atoms with Crippen molar-refractivity contribution in [3.05, 3.63) is 36.2 Å². The van der Waals surface area contributed by atoms with Gasteiger partial charge in [-0.25, -0.2) is 9.97 Å². The molecule has 0 unspecified atom stereocenters. The van der Waals surface area contributed by atoms with Crippen LogP contribution in [-0.2, 0) is 0 Å². The maximum Gasteiger partial charge on any atom is 0.223 e. The van der Waals surface area contributed by atoms with Crippen LogP contribution < -0.4 is 10.1 Å². The molecule has 1 aromatic heterocycles. The summed E-state index contributed by atoms with van der Waals surface area (Å²) in [5, 5.41) is 3.31. The number of aryl methyl sites for hydroxylation is 1. The standard InChI is InChI=1S/C15H17N3O/c1-10-14(11-3-7-13(19-2)8-4-11)9-16-15(17-10)18-12-5-6-12/h3-4,7-9,12H,5-6H2,1-2H3,(H,16,17,18). The van der Waals surface area contributed by atoms with Crippen LogP contribution in [0.2, 0.25) is 0 Å². The van der Waals surface area contributed by atoms with E-state index in [4.69, 9.17) is 4.74 Å².